The highest BCUT2D eigenvalue weighted by Gasteiger charge is 2.22. The number of carbonyl (C=O) groups is 1. The predicted octanol–water partition coefficient (Wildman–Crippen LogP) is 4.19. The van der Waals surface area contributed by atoms with Gasteiger partial charge in [-0.15, -0.1) is 0 Å². The zero-order valence-corrected chi connectivity index (χ0v) is 24.6. The number of fused-ring (bicyclic) bond motifs is 1. The van der Waals surface area contributed by atoms with Gasteiger partial charge in [-0.2, -0.15) is 4.98 Å². The van der Waals surface area contributed by atoms with Crippen molar-refractivity contribution >= 4 is 45.9 Å². The number of piperidine rings is 1. The largest absolute Gasteiger partial charge is 0.478 e. The SMILES string of the molecule is CCN(CC)CCC[C@@H]1CCCN(c2ncc(Cl)c(Nc3ccc4c(c3)cc(OCC(=O)NC)c(=O)n4C)n2)C1. The van der Waals surface area contributed by atoms with E-state index in [-0.39, 0.29) is 23.8 Å². The smallest absolute Gasteiger partial charge is 0.293 e. The zero-order valence-electron chi connectivity index (χ0n) is 23.9. The van der Waals surface area contributed by atoms with Crippen LogP contribution in [0.4, 0.5) is 17.5 Å². The van der Waals surface area contributed by atoms with Crippen LogP contribution in [-0.4, -0.2) is 71.7 Å². The lowest BCUT2D eigenvalue weighted by molar-refractivity contribution is -0.122. The number of amides is 1. The van der Waals surface area contributed by atoms with E-state index in [9.17, 15) is 9.59 Å². The summed E-state index contributed by atoms with van der Waals surface area (Å²) in [7, 11) is 3.19. The number of benzene rings is 1. The summed E-state index contributed by atoms with van der Waals surface area (Å²) < 4.78 is 6.98. The first-order valence-corrected chi connectivity index (χ1v) is 14.4. The molecular formula is C29H40ClN7O3. The fraction of sp³-hybridized carbons (Fsp3) is 0.517. The van der Waals surface area contributed by atoms with E-state index in [0.717, 1.165) is 55.7 Å². The van der Waals surface area contributed by atoms with Gasteiger partial charge in [0.2, 0.25) is 5.95 Å². The molecule has 10 nitrogen and oxygen atoms in total. The Hall–Kier alpha value is -3.37. The Morgan fingerprint density at radius 1 is 1.25 bits per heavy atom. The summed E-state index contributed by atoms with van der Waals surface area (Å²) in [4.78, 5) is 38.4. The first-order valence-electron chi connectivity index (χ1n) is 14.1. The van der Waals surface area contributed by atoms with E-state index in [2.05, 4.69) is 39.3 Å². The quantitative estimate of drug-likeness (QED) is 0.335. The van der Waals surface area contributed by atoms with Crippen LogP contribution in [0.25, 0.3) is 10.9 Å². The van der Waals surface area contributed by atoms with Crippen molar-refractivity contribution in [2.24, 2.45) is 13.0 Å². The normalized spacial score (nSPS) is 15.4. The molecule has 0 saturated carbocycles. The number of hydrogen-bond acceptors (Lipinski definition) is 8. The van der Waals surface area contributed by atoms with Crippen molar-refractivity contribution < 1.29 is 9.53 Å². The van der Waals surface area contributed by atoms with E-state index in [1.54, 1.807) is 19.3 Å². The molecule has 0 aliphatic carbocycles. The Morgan fingerprint density at radius 3 is 2.80 bits per heavy atom. The molecule has 3 aromatic rings. The summed E-state index contributed by atoms with van der Waals surface area (Å²) in [5.74, 6) is 1.62. The molecular weight excluding hydrogens is 530 g/mol. The van der Waals surface area contributed by atoms with Gasteiger partial charge in [-0.05, 0) is 75.5 Å². The summed E-state index contributed by atoms with van der Waals surface area (Å²) in [5, 5.41) is 7.00. The average Bonchev–Trinajstić information content (AvgIpc) is 2.97. The van der Waals surface area contributed by atoms with Crippen LogP contribution in [0.15, 0.2) is 35.3 Å². The number of nitrogens with zero attached hydrogens (tertiary/aromatic N) is 5. The standard InChI is InChI=1S/C29H40ClN7O3/c1-5-36(6-2)13-7-9-20-10-8-14-37(18-20)29-32-17-23(30)27(34-29)33-22-11-12-24-21(15-22)16-25(28(39)35(24)4)40-19-26(38)31-3/h11-12,15-17,20H,5-10,13-14,18-19H2,1-4H3,(H,31,38)(H,32,33,34)/t20-/m1/s1. The number of anilines is 3. The molecule has 1 amide bonds. The maximum Gasteiger partial charge on any atom is 0.293 e. The monoisotopic (exact) mass is 569 g/mol. The molecule has 40 heavy (non-hydrogen) atoms. The molecule has 1 atom stereocenters. The highest BCUT2D eigenvalue weighted by atomic mass is 35.5. The third-order valence-corrected chi connectivity index (χ3v) is 7.88. The molecule has 0 radical (unpaired) electrons. The third kappa shape index (κ3) is 7.22. The van der Waals surface area contributed by atoms with Gasteiger partial charge in [0.25, 0.3) is 11.5 Å². The van der Waals surface area contributed by atoms with Gasteiger partial charge in [0.05, 0.1) is 11.7 Å². The molecule has 1 fully saturated rings. The summed E-state index contributed by atoms with van der Waals surface area (Å²) in [6.45, 7) is 9.43. The lowest BCUT2D eigenvalue weighted by atomic mass is 9.93. The van der Waals surface area contributed by atoms with Gasteiger partial charge in [-0.25, -0.2) is 4.98 Å². The number of ether oxygens (including phenoxy) is 1. The number of pyridine rings is 1. The van der Waals surface area contributed by atoms with E-state index in [1.165, 1.54) is 30.9 Å². The summed E-state index contributed by atoms with van der Waals surface area (Å²) in [6, 6.07) is 7.27. The van der Waals surface area contributed by atoms with Crippen molar-refractivity contribution in [1.82, 2.24) is 24.8 Å². The highest BCUT2D eigenvalue weighted by Crippen LogP contribution is 2.29. The number of nitrogens with one attached hydrogen (secondary N) is 2. The van der Waals surface area contributed by atoms with Crippen LogP contribution in [0.2, 0.25) is 5.02 Å². The molecule has 3 heterocycles. The Kier molecular flexibility index (Phi) is 10.2. The van der Waals surface area contributed by atoms with Gasteiger partial charge in [-0.1, -0.05) is 25.4 Å². The second kappa shape index (κ2) is 13.8. The number of aromatic nitrogens is 3. The second-order valence-electron chi connectivity index (χ2n) is 10.2. The molecule has 1 aliphatic heterocycles. The second-order valence-corrected chi connectivity index (χ2v) is 10.6. The lowest BCUT2D eigenvalue weighted by Crippen LogP contribution is -2.37. The molecule has 0 bridgehead atoms. The minimum atomic E-state index is -0.313. The van der Waals surface area contributed by atoms with Crippen molar-refractivity contribution in [2.75, 3.05) is 56.6 Å². The first-order chi connectivity index (χ1) is 19.3. The molecule has 0 unspecified atom stereocenters. The fourth-order valence-corrected chi connectivity index (χ4v) is 5.35. The highest BCUT2D eigenvalue weighted by molar-refractivity contribution is 6.32. The van der Waals surface area contributed by atoms with Crippen molar-refractivity contribution in [2.45, 2.75) is 39.5 Å². The van der Waals surface area contributed by atoms with Crippen LogP contribution < -0.4 is 25.8 Å². The van der Waals surface area contributed by atoms with Gasteiger partial charge in [0.15, 0.2) is 18.2 Å². The lowest BCUT2D eigenvalue weighted by Gasteiger charge is -2.33. The Morgan fingerprint density at radius 2 is 2.05 bits per heavy atom. The van der Waals surface area contributed by atoms with E-state index in [4.69, 9.17) is 21.3 Å². The van der Waals surface area contributed by atoms with Gasteiger partial charge >= 0.3 is 0 Å². The molecule has 216 valence electrons. The number of likely N-dealkylation sites (N-methyl/N-ethyl adjacent to an activating group) is 1. The van der Waals surface area contributed by atoms with E-state index in [0.29, 0.717) is 22.7 Å². The zero-order chi connectivity index (χ0) is 28.6. The van der Waals surface area contributed by atoms with Crippen LogP contribution >= 0.6 is 11.6 Å². The van der Waals surface area contributed by atoms with Gasteiger partial charge in [-0.3, -0.25) is 9.59 Å². The van der Waals surface area contributed by atoms with Crippen LogP contribution in [0.3, 0.4) is 0 Å². The molecule has 4 rings (SSSR count). The molecule has 1 aliphatic rings. The molecule has 2 N–H and O–H groups in total. The van der Waals surface area contributed by atoms with Crippen molar-refractivity contribution in [1.29, 1.82) is 0 Å². The maximum atomic E-state index is 12.7. The van der Waals surface area contributed by atoms with Crippen LogP contribution in [0.1, 0.15) is 39.5 Å². The molecule has 11 heteroatoms. The third-order valence-electron chi connectivity index (χ3n) is 7.61. The van der Waals surface area contributed by atoms with Gasteiger partial charge in [0.1, 0.15) is 5.02 Å². The molecule has 1 saturated heterocycles. The molecule has 2 aromatic heterocycles. The number of hydrogen-bond donors (Lipinski definition) is 2. The summed E-state index contributed by atoms with van der Waals surface area (Å²) in [6.07, 6.45) is 6.42. The summed E-state index contributed by atoms with van der Waals surface area (Å²) >= 11 is 6.50. The van der Waals surface area contributed by atoms with Crippen LogP contribution in [0.5, 0.6) is 5.75 Å². The van der Waals surface area contributed by atoms with Gasteiger partial charge < -0.3 is 29.7 Å². The van der Waals surface area contributed by atoms with E-state index in [1.807, 2.05) is 18.2 Å². The minimum Gasteiger partial charge on any atom is -0.478 e. The Labute approximate surface area is 240 Å². The van der Waals surface area contributed by atoms with Crippen LogP contribution in [-0.2, 0) is 11.8 Å². The fourth-order valence-electron chi connectivity index (χ4n) is 5.21. The Bertz CT molecular complexity index is 1380. The average molecular weight is 570 g/mol. The minimum absolute atomic E-state index is 0.106. The number of aryl methyl sites for hydroxylation is 1. The predicted molar refractivity (Wildman–Crippen MR) is 161 cm³/mol. The number of rotatable bonds is 12. The maximum absolute atomic E-state index is 12.7. The number of carbonyl (C=O) groups excluding carboxylic acids is 1. The van der Waals surface area contributed by atoms with Crippen molar-refractivity contribution in [3.63, 3.8) is 0 Å². The molecule has 0 spiro atoms. The van der Waals surface area contributed by atoms with Crippen molar-refractivity contribution in [3.05, 3.63) is 45.8 Å². The van der Waals surface area contributed by atoms with Gasteiger partial charge in [0, 0.05) is 38.3 Å². The topological polar surface area (TPSA) is 105 Å². The van der Waals surface area contributed by atoms with Crippen LogP contribution in [0, 0.1) is 5.92 Å². The van der Waals surface area contributed by atoms with E-state index >= 15 is 0 Å². The summed E-state index contributed by atoms with van der Waals surface area (Å²) in [5.41, 5.74) is 1.18. The number of halogens is 1. The van der Waals surface area contributed by atoms with E-state index < -0.39 is 0 Å². The first kappa shape index (κ1) is 29.6. The van der Waals surface area contributed by atoms with Crippen molar-refractivity contribution in [3.8, 4) is 5.75 Å². The Balaban J connectivity index is 1.48. The molecule has 1 aromatic carbocycles.